The minimum atomic E-state index is 0.220. The molecule has 0 radical (unpaired) electrons. The van der Waals surface area contributed by atoms with Crippen LogP contribution in [0.5, 0.6) is 5.88 Å². The summed E-state index contributed by atoms with van der Waals surface area (Å²) in [7, 11) is 1.57. The number of rotatable bonds is 6. The molecule has 9 heteroatoms. The van der Waals surface area contributed by atoms with E-state index in [-0.39, 0.29) is 5.92 Å². The molecule has 0 unspecified atom stereocenters. The molecule has 0 spiro atoms. The number of nitrogens with zero attached hydrogens (tertiary/aromatic N) is 5. The van der Waals surface area contributed by atoms with Crippen LogP contribution < -0.4 is 4.74 Å². The monoisotopic (exact) mass is 321 g/mol. The molecule has 3 rings (SSSR count). The lowest BCUT2D eigenvalue weighted by Crippen LogP contribution is -1.92. The first-order valence-electron chi connectivity index (χ1n) is 6.81. The maximum absolute atomic E-state index is 5.54. The smallest absolute Gasteiger partial charge is 0.227 e. The van der Waals surface area contributed by atoms with Crippen LogP contribution in [0.4, 0.5) is 0 Å². The highest BCUT2D eigenvalue weighted by molar-refractivity contribution is 7.09. The SMILES string of the molecule is COc1cc(-c2noc(CCc3nnc(C(C)C)o3)n2)sn1. The van der Waals surface area contributed by atoms with Gasteiger partial charge in [0.05, 0.1) is 12.0 Å². The van der Waals surface area contributed by atoms with Gasteiger partial charge in [0.25, 0.3) is 0 Å². The second-order valence-electron chi connectivity index (χ2n) is 4.93. The quantitative estimate of drug-likeness (QED) is 0.682. The van der Waals surface area contributed by atoms with Gasteiger partial charge in [-0.3, -0.25) is 0 Å². The van der Waals surface area contributed by atoms with Crippen molar-refractivity contribution in [1.82, 2.24) is 24.7 Å². The van der Waals surface area contributed by atoms with E-state index in [1.165, 1.54) is 11.5 Å². The molecule has 0 fully saturated rings. The van der Waals surface area contributed by atoms with Crippen LogP contribution in [-0.2, 0) is 12.8 Å². The zero-order valence-corrected chi connectivity index (χ0v) is 13.3. The molecule has 0 N–H and O–H groups in total. The van der Waals surface area contributed by atoms with Crippen LogP contribution in [0.25, 0.3) is 10.7 Å². The number of hydrogen-bond donors (Lipinski definition) is 0. The van der Waals surface area contributed by atoms with Gasteiger partial charge in [-0.05, 0) is 11.5 Å². The molecular weight excluding hydrogens is 306 g/mol. The predicted molar refractivity (Wildman–Crippen MR) is 77.8 cm³/mol. The molecule has 3 aromatic rings. The van der Waals surface area contributed by atoms with Gasteiger partial charge in [0.2, 0.25) is 29.4 Å². The van der Waals surface area contributed by atoms with Crippen LogP contribution in [0, 0.1) is 0 Å². The zero-order chi connectivity index (χ0) is 15.5. The molecule has 0 saturated heterocycles. The number of methoxy groups -OCH3 is 1. The van der Waals surface area contributed by atoms with E-state index in [0.717, 1.165) is 4.88 Å². The Morgan fingerprint density at radius 2 is 2.05 bits per heavy atom. The standard InChI is InChI=1S/C13H15N5O3S/c1-7(2)13-16-15-10(20-13)5-4-9-14-12(17-21-9)8-6-11(19-3)18-22-8/h6-7H,4-5H2,1-3H3. The highest BCUT2D eigenvalue weighted by Gasteiger charge is 2.14. The Balaban J connectivity index is 1.63. The highest BCUT2D eigenvalue weighted by Crippen LogP contribution is 2.25. The second-order valence-corrected chi connectivity index (χ2v) is 5.74. The second kappa shape index (κ2) is 6.22. The van der Waals surface area contributed by atoms with Crippen molar-refractivity contribution in [1.29, 1.82) is 0 Å². The minimum absolute atomic E-state index is 0.220. The lowest BCUT2D eigenvalue weighted by Gasteiger charge is -1.94. The number of aromatic nitrogens is 5. The molecular formula is C13H15N5O3S. The van der Waals surface area contributed by atoms with Gasteiger partial charge in [-0.2, -0.15) is 9.36 Å². The Morgan fingerprint density at radius 1 is 1.23 bits per heavy atom. The van der Waals surface area contributed by atoms with Crippen LogP contribution in [0.2, 0.25) is 0 Å². The van der Waals surface area contributed by atoms with Crippen LogP contribution in [0.1, 0.15) is 37.4 Å². The summed E-state index contributed by atoms with van der Waals surface area (Å²) in [6.45, 7) is 4.01. The van der Waals surface area contributed by atoms with E-state index >= 15 is 0 Å². The first-order valence-corrected chi connectivity index (χ1v) is 7.59. The van der Waals surface area contributed by atoms with Crippen LogP contribution in [-0.4, -0.2) is 31.8 Å². The first kappa shape index (κ1) is 14.6. The van der Waals surface area contributed by atoms with Gasteiger partial charge < -0.3 is 13.7 Å². The van der Waals surface area contributed by atoms with Gasteiger partial charge in [0.1, 0.15) is 0 Å². The van der Waals surface area contributed by atoms with Crippen LogP contribution in [0.15, 0.2) is 15.0 Å². The molecule has 22 heavy (non-hydrogen) atoms. The van der Waals surface area contributed by atoms with Crippen molar-refractivity contribution < 1.29 is 13.7 Å². The van der Waals surface area contributed by atoms with E-state index in [2.05, 4.69) is 24.7 Å². The van der Waals surface area contributed by atoms with E-state index in [1.54, 1.807) is 13.2 Å². The van der Waals surface area contributed by atoms with E-state index in [9.17, 15) is 0 Å². The van der Waals surface area contributed by atoms with Gasteiger partial charge in [-0.1, -0.05) is 19.0 Å². The largest absolute Gasteiger partial charge is 0.480 e. The highest BCUT2D eigenvalue weighted by atomic mass is 32.1. The molecule has 8 nitrogen and oxygen atoms in total. The van der Waals surface area contributed by atoms with Gasteiger partial charge in [-0.25, -0.2) is 0 Å². The van der Waals surface area contributed by atoms with Gasteiger partial charge in [0, 0.05) is 24.8 Å². The van der Waals surface area contributed by atoms with Crippen LogP contribution >= 0.6 is 11.5 Å². The molecule has 0 amide bonds. The maximum Gasteiger partial charge on any atom is 0.227 e. The lowest BCUT2D eigenvalue weighted by atomic mass is 10.2. The van der Waals surface area contributed by atoms with E-state index < -0.39 is 0 Å². The molecule has 0 saturated carbocycles. The molecule has 0 aliphatic rings. The van der Waals surface area contributed by atoms with Crippen molar-refractivity contribution in [3.63, 3.8) is 0 Å². The fourth-order valence-electron chi connectivity index (χ4n) is 1.73. The van der Waals surface area contributed by atoms with Crippen LogP contribution in [0.3, 0.4) is 0 Å². The fraction of sp³-hybridized carbons (Fsp3) is 0.462. The summed E-state index contributed by atoms with van der Waals surface area (Å²) >= 11 is 1.26. The molecule has 0 aromatic carbocycles. The summed E-state index contributed by atoms with van der Waals surface area (Å²) in [6, 6.07) is 1.77. The summed E-state index contributed by atoms with van der Waals surface area (Å²) in [5, 5.41) is 11.9. The van der Waals surface area contributed by atoms with Crippen molar-refractivity contribution >= 4 is 11.5 Å². The normalized spacial score (nSPS) is 11.3. The summed E-state index contributed by atoms with van der Waals surface area (Å²) in [5.41, 5.74) is 0. The topological polar surface area (TPSA) is 100.0 Å². The molecule has 0 aliphatic heterocycles. The Labute approximate surface area is 130 Å². The van der Waals surface area contributed by atoms with Crippen molar-refractivity contribution in [2.45, 2.75) is 32.6 Å². The molecule has 0 bridgehead atoms. The third-order valence-corrected chi connectivity index (χ3v) is 3.68. The predicted octanol–water partition coefficient (Wildman–Crippen LogP) is 2.49. The Bertz CT molecular complexity index is 748. The number of ether oxygens (including phenoxy) is 1. The summed E-state index contributed by atoms with van der Waals surface area (Å²) < 4.78 is 19.9. The fourth-order valence-corrected chi connectivity index (χ4v) is 2.37. The van der Waals surface area contributed by atoms with Crippen molar-refractivity contribution in [3.05, 3.63) is 23.7 Å². The van der Waals surface area contributed by atoms with E-state index in [0.29, 0.717) is 42.2 Å². The molecule has 3 heterocycles. The number of aryl methyl sites for hydroxylation is 2. The average molecular weight is 321 g/mol. The average Bonchev–Trinajstić information content (AvgIpc) is 3.24. The maximum atomic E-state index is 5.54. The van der Waals surface area contributed by atoms with Gasteiger partial charge in [0.15, 0.2) is 0 Å². The molecule has 3 aromatic heterocycles. The molecule has 0 aliphatic carbocycles. The van der Waals surface area contributed by atoms with Gasteiger partial charge >= 0.3 is 0 Å². The summed E-state index contributed by atoms with van der Waals surface area (Å²) in [6.07, 6.45) is 1.11. The van der Waals surface area contributed by atoms with E-state index in [1.807, 2.05) is 13.8 Å². The first-order chi connectivity index (χ1) is 10.7. The molecule has 0 atom stereocenters. The van der Waals surface area contributed by atoms with Gasteiger partial charge in [-0.15, -0.1) is 10.2 Å². The van der Waals surface area contributed by atoms with E-state index in [4.69, 9.17) is 13.7 Å². The summed E-state index contributed by atoms with van der Waals surface area (Å²) in [5.74, 6) is 2.99. The lowest BCUT2D eigenvalue weighted by molar-refractivity contribution is 0.369. The zero-order valence-electron chi connectivity index (χ0n) is 12.4. The minimum Gasteiger partial charge on any atom is -0.480 e. The Kier molecular flexibility index (Phi) is 4.14. The summed E-state index contributed by atoms with van der Waals surface area (Å²) in [4.78, 5) is 5.13. The molecule has 116 valence electrons. The third-order valence-electron chi connectivity index (χ3n) is 2.92. The van der Waals surface area contributed by atoms with Crippen molar-refractivity contribution in [2.75, 3.05) is 7.11 Å². The van der Waals surface area contributed by atoms with Crippen molar-refractivity contribution in [3.8, 4) is 16.6 Å². The Hall–Kier alpha value is -2.29. The van der Waals surface area contributed by atoms with Crippen molar-refractivity contribution in [2.24, 2.45) is 0 Å². The number of hydrogen-bond acceptors (Lipinski definition) is 9. The third kappa shape index (κ3) is 3.14. The Morgan fingerprint density at radius 3 is 2.73 bits per heavy atom.